The number of benzene rings is 2. The van der Waals surface area contributed by atoms with E-state index in [0.717, 1.165) is 43.4 Å². The molecule has 0 amide bonds. The van der Waals surface area contributed by atoms with E-state index in [1.807, 2.05) is 0 Å². The van der Waals surface area contributed by atoms with Gasteiger partial charge in [-0.05, 0) is 43.0 Å². The van der Waals surface area contributed by atoms with Crippen LogP contribution in [-0.2, 0) is 6.54 Å². The summed E-state index contributed by atoms with van der Waals surface area (Å²) in [5.41, 5.74) is 8.01. The van der Waals surface area contributed by atoms with Crippen molar-refractivity contribution >= 4 is 27.4 Å². The van der Waals surface area contributed by atoms with Gasteiger partial charge in [0.05, 0.1) is 31.6 Å². The van der Waals surface area contributed by atoms with Crippen LogP contribution in [0, 0.1) is 20.8 Å². The molecule has 1 aliphatic heterocycles. The zero-order chi connectivity index (χ0) is 21.4. The Hall–Kier alpha value is -2.76. The van der Waals surface area contributed by atoms with Crippen LogP contribution in [0.4, 0.5) is 5.82 Å². The maximum absolute atomic E-state index is 4.77. The molecule has 0 saturated carbocycles. The second-order valence-corrected chi connectivity index (χ2v) is 9.52. The van der Waals surface area contributed by atoms with Gasteiger partial charge in [-0.1, -0.05) is 42.5 Å². The fourth-order valence-electron chi connectivity index (χ4n) is 4.60. The summed E-state index contributed by atoms with van der Waals surface area (Å²) in [6, 6.07) is 15.4. The largest absolute Gasteiger partial charge is 0.345 e. The average molecular weight is 430 g/mol. The molecule has 0 unspecified atom stereocenters. The fraction of sp³-hybridized carbons (Fsp3) is 0.308. The lowest BCUT2D eigenvalue weighted by atomic mass is 9.96. The quantitative estimate of drug-likeness (QED) is 0.528. The van der Waals surface area contributed by atoms with Crippen molar-refractivity contribution < 1.29 is 4.90 Å². The number of thiophene rings is 1. The Morgan fingerprint density at radius 2 is 1.68 bits per heavy atom. The number of fused-ring (bicyclic) bond motifs is 1. The first-order valence-corrected chi connectivity index (χ1v) is 11.9. The highest BCUT2D eigenvalue weighted by Gasteiger charge is 2.24. The van der Waals surface area contributed by atoms with Gasteiger partial charge in [0, 0.05) is 16.5 Å². The van der Waals surface area contributed by atoms with Crippen molar-refractivity contribution in [2.24, 2.45) is 0 Å². The number of anilines is 1. The van der Waals surface area contributed by atoms with E-state index in [2.05, 4.69) is 78.5 Å². The number of hydrogen-bond donors (Lipinski definition) is 1. The van der Waals surface area contributed by atoms with Gasteiger partial charge in [0.2, 0.25) is 0 Å². The second kappa shape index (κ2) is 8.40. The van der Waals surface area contributed by atoms with Crippen LogP contribution in [0.3, 0.4) is 0 Å². The SMILES string of the molecule is Cc1cc(-c2csc3ncnc(N4CC[NH+](Cc5ccccc5)CC4)c23)cc(C)c1C. The van der Waals surface area contributed by atoms with E-state index in [4.69, 9.17) is 4.98 Å². The number of aromatic nitrogens is 2. The van der Waals surface area contributed by atoms with Gasteiger partial charge >= 0.3 is 0 Å². The van der Waals surface area contributed by atoms with Crippen molar-refractivity contribution in [3.05, 3.63) is 76.4 Å². The summed E-state index contributed by atoms with van der Waals surface area (Å²) in [6.45, 7) is 12.0. The number of piperazine rings is 1. The molecule has 5 heteroatoms. The molecule has 0 aliphatic carbocycles. The number of aryl methyl sites for hydroxylation is 2. The first-order valence-electron chi connectivity index (χ1n) is 11.0. The van der Waals surface area contributed by atoms with Gasteiger partial charge in [0.1, 0.15) is 23.5 Å². The summed E-state index contributed by atoms with van der Waals surface area (Å²) in [4.78, 5) is 14.5. The van der Waals surface area contributed by atoms with Crippen LogP contribution in [-0.4, -0.2) is 36.1 Å². The number of nitrogens with zero attached hydrogens (tertiary/aromatic N) is 3. The second-order valence-electron chi connectivity index (χ2n) is 8.66. The molecule has 0 spiro atoms. The summed E-state index contributed by atoms with van der Waals surface area (Å²) in [7, 11) is 0. The molecular formula is C26H29N4S+. The summed E-state index contributed by atoms with van der Waals surface area (Å²) in [6.07, 6.45) is 1.73. The Morgan fingerprint density at radius 1 is 0.968 bits per heavy atom. The molecule has 31 heavy (non-hydrogen) atoms. The summed E-state index contributed by atoms with van der Waals surface area (Å²) in [5, 5.41) is 3.46. The Balaban J connectivity index is 1.43. The predicted molar refractivity (Wildman–Crippen MR) is 130 cm³/mol. The molecule has 5 rings (SSSR count). The molecule has 1 N–H and O–H groups in total. The van der Waals surface area contributed by atoms with Crippen molar-refractivity contribution in [2.75, 3.05) is 31.1 Å². The van der Waals surface area contributed by atoms with E-state index in [1.54, 1.807) is 22.6 Å². The minimum atomic E-state index is 1.02. The van der Waals surface area contributed by atoms with Gasteiger partial charge in [0.15, 0.2) is 0 Å². The van der Waals surface area contributed by atoms with Crippen LogP contribution in [0.15, 0.2) is 54.2 Å². The third-order valence-corrected chi connectivity index (χ3v) is 7.54. The van der Waals surface area contributed by atoms with Crippen LogP contribution in [0.25, 0.3) is 21.3 Å². The van der Waals surface area contributed by atoms with Crippen molar-refractivity contribution in [2.45, 2.75) is 27.3 Å². The average Bonchev–Trinajstić information content (AvgIpc) is 3.23. The monoisotopic (exact) mass is 429 g/mol. The van der Waals surface area contributed by atoms with Crippen molar-refractivity contribution in [1.29, 1.82) is 0 Å². The third-order valence-electron chi connectivity index (χ3n) is 6.66. The fourth-order valence-corrected chi connectivity index (χ4v) is 5.51. The lowest BCUT2D eigenvalue weighted by Gasteiger charge is -2.33. The molecule has 4 aromatic rings. The predicted octanol–water partition coefficient (Wildman–Crippen LogP) is 4.19. The van der Waals surface area contributed by atoms with Crippen molar-refractivity contribution in [1.82, 2.24) is 9.97 Å². The van der Waals surface area contributed by atoms with Gasteiger partial charge in [-0.15, -0.1) is 11.3 Å². The van der Waals surface area contributed by atoms with Gasteiger partial charge in [0.25, 0.3) is 0 Å². The van der Waals surface area contributed by atoms with E-state index in [-0.39, 0.29) is 0 Å². The third kappa shape index (κ3) is 3.95. The van der Waals surface area contributed by atoms with E-state index >= 15 is 0 Å². The van der Waals surface area contributed by atoms with Crippen LogP contribution >= 0.6 is 11.3 Å². The molecule has 0 atom stereocenters. The highest BCUT2D eigenvalue weighted by atomic mass is 32.1. The minimum Gasteiger partial charge on any atom is -0.345 e. The van der Waals surface area contributed by atoms with Crippen LogP contribution < -0.4 is 9.80 Å². The standard InChI is InChI=1S/C26H28N4S/c1-18-13-22(14-19(2)20(18)3)23-16-31-26-24(23)25(27-17-28-26)30-11-9-29(10-12-30)15-21-7-5-4-6-8-21/h4-8,13-14,16-17H,9-12,15H2,1-3H3/p+1. The molecule has 2 aromatic carbocycles. The number of hydrogen-bond acceptors (Lipinski definition) is 4. The molecule has 2 aromatic heterocycles. The summed E-state index contributed by atoms with van der Waals surface area (Å²) in [5.74, 6) is 1.09. The Kier molecular flexibility index (Phi) is 5.47. The normalized spacial score (nSPS) is 15.0. The molecule has 1 fully saturated rings. The molecule has 1 saturated heterocycles. The van der Waals surface area contributed by atoms with Crippen LogP contribution in [0.2, 0.25) is 0 Å². The number of nitrogens with one attached hydrogen (secondary N) is 1. The topological polar surface area (TPSA) is 33.5 Å². The first kappa shape index (κ1) is 20.2. The first-order chi connectivity index (χ1) is 15.1. The Labute approximate surface area is 188 Å². The van der Waals surface area contributed by atoms with Gasteiger partial charge < -0.3 is 9.80 Å². The Bertz CT molecular complexity index is 1180. The highest BCUT2D eigenvalue weighted by Crippen LogP contribution is 2.38. The molecule has 1 aliphatic rings. The molecular weight excluding hydrogens is 400 g/mol. The van der Waals surface area contributed by atoms with E-state index in [9.17, 15) is 0 Å². The van der Waals surface area contributed by atoms with Crippen LogP contribution in [0.5, 0.6) is 0 Å². The molecule has 0 bridgehead atoms. The Morgan fingerprint density at radius 3 is 2.39 bits per heavy atom. The molecule has 0 radical (unpaired) electrons. The lowest BCUT2D eigenvalue weighted by molar-refractivity contribution is -0.914. The highest BCUT2D eigenvalue weighted by molar-refractivity contribution is 7.17. The molecule has 3 heterocycles. The van der Waals surface area contributed by atoms with E-state index in [1.165, 1.54) is 38.8 Å². The summed E-state index contributed by atoms with van der Waals surface area (Å²) < 4.78 is 0. The van der Waals surface area contributed by atoms with Gasteiger partial charge in [-0.3, -0.25) is 0 Å². The van der Waals surface area contributed by atoms with Crippen LogP contribution in [0.1, 0.15) is 22.3 Å². The van der Waals surface area contributed by atoms with Crippen molar-refractivity contribution in [3.8, 4) is 11.1 Å². The zero-order valence-electron chi connectivity index (χ0n) is 18.5. The van der Waals surface area contributed by atoms with E-state index in [0.29, 0.717) is 0 Å². The zero-order valence-corrected chi connectivity index (χ0v) is 19.3. The number of rotatable bonds is 4. The van der Waals surface area contributed by atoms with Crippen molar-refractivity contribution in [3.63, 3.8) is 0 Å². The summed E-state index contributed by atoms with van der Waals surface area (Å²) >= 11 is 1.72. The van der Waals surface area contributed by atoms with Gasteiger partial charge in [-0.2, -0.15) is 0 Å². The lowest BCUT2D eigenvalue weighted by Crippen LogP contribution is -3.13. The maximum Gasteiger partial charge on any atom is 0.141 e. The maximum atomic E-state index is 4.77. The van der Waals surface area contributed by atoms with Gasteiger partial charge in [-0.25, -0.2) is 9.97 Å². The van der Waals surface area contributed by atoms with E-state index < -0.39 is 0 Å². The smallest absolute Gasteiger partial charge is 0.141 e. The number of quaternary nitrogens is 1. The molecule has 4 nitrogen and oxygen atoms in total. The molecule has 158 valence electrons. The minimum absolute atomic E-state index is 1.02.